The van der Waals surface area contributed by atoms with Crippen LogP contribution < -0.4 is 4.74 Å². The van der Waals surface area contributed by atoms with Crippen molar-refractivity contribution in [3.05, 3.63) is 28.2 Å². The summed E-state index contributed by atoms with van der Waals surface area (Å²) >= 11 is 3.27. The van der Waals surface area contributed by atoms with Crippen molar-refractivity contribution in [2.24, 2.45) is 0 Å². The van der Waals surface area contributed by atoms with E-state index in [9.17, 15) is 23.1 Å². The first-order valence-corrected chi connectivity index (χ1v) is 7.85. The van der Waals surface area contributed by atoms with Crippen LogP contribution in [0.25, 0.3) is 0 Å². The van der Waals surface area contributed by atoms with E-state index in [0.29, 0.717) is 15.8 Å². The molecule has 0 radical (unpaired) electrons. The van der Waals surface area contributed by atoms with Gasteiger partial charge in [-0.05, 0) is 30.0 Å². The second-order valence-electron chi connectivity index (χ2n) is 6.19. The number of ether oxygens (including phenoxy) is 2. The van der Waals surface area contributed by atoms with E-state index in [0.717, 1.165) is 7.11 Å². The van der Waals surface area contributed by atoms with Gasteiger partial charge in [0.25, 0.3) is 0 Å². The molecule has 1 rings (SSSR count). The Balaban J connectivity index is 3.30. The van der Waals surface area contributed by atoms with Gasteiger partial charge in [-0.3, -0.25) is 4.79 Å². The van der Waals surface area contributed by atoms with Crippen molar-refractivity contribution in [2.45, 2.75) is 43.9 Å². The van der Waals surface area contributed by atoms with Crippen molar-refractivity contribution < 1.29 is 32.5 Å². The van der Waals surface area contributed by atoms with Crippen molar-refractivity contribution >= 4 is 21.9 Å². The minimum atomic E-state index is -4.99. The van der Waals surface area contributed by atoms with Crippen LogP contribution in [0.2, 0.25) is 0 Å². The molecule has 0 fully saturated rings. The Kier molecular flexibility index (Phi) is 6.32. The molecule has 0 aliphatic rings. The lowest BCUT2D eigenvalue weighted by Crippen LogP contribution is -2.50. The summed E-state index contributed by atoms with van der Waals surface area (Å²) in [6, 6.07) is 4.95. The van der Waals surface area contributed by atoms with Crippen molar-refractivity contribution in [3.63, 3.8) is 0 Å². The maximum absolute atomic E-state index is 13.4. The fourth-order valence-electron chi connectivity index (χ4n) is 2.61. The normalized spacial score (nSPS) is 14.9. The van der Waals surface area contributed by atoms with Gasteiger partial charge in [0.2, 0.25) is 0 Å². The number of hydrogen-bond acceptors (Lipinski definition) is 4. The number of carbonyl (C=O) groups excluding carboxylic acids is 1. The van der Waals surface area contributed by atoms with Crippen LogP contribution in [0.3, 0.4) is 0 Å². The smallest absolute Gasteiger partial charge is 0.417 e. The summed E-state index contributed by atoms with van der Waals surface area (Å²) in [5.41, 5.74) is -3.86. The van der Waals surface area contributed by atoms with E-state index in [1.54, 1.807) is 32.0 Å². The highest BCUT2D eigenvalue weighted by molar-refractivity contribution is 9.10. The summed E-state index contributed by atoms with van der Waals surface area (Å²) < 4.78 is 50.4. The van der Waals surface area contributed by atoms with Crippen LogP contribution >= 0.6 is 15.9 Å². The molecular formula is C16H20BrF3O4. The summed E-state index contributed by atoms with van der Waals surface area (Å²) in [6.07, 6.45) is -6.89. The van der Waals surface area contributed by atoms with Crippen molar-refractivity contribution in [1.29, 1.82) is 0 Å². The summed E-state index contributed by atoms with van der Waals surface area (Å²) in [5, 5.41) is 10.2. The zero-order valence-electron chi connectivity index (χ0n) is 13.8. The monoisotopic (exact) mass is 412 g/mol. The quantitative estimate of drug-likeness (QED) is 0.717. The molecule has 0 aliphatic heterocycles. The number of methoxy groups -OCH3 is 2. The van der Waals surface area contributed by atoms with Crippen LogP contribution in [-0.4, -0.2) is 37.1 Å². The lowest BCUT2D eigenvalue weighted by Gasteiger charge is -2.37. The van der Waals surface area contributed by atoms with Gasteiger partial charge in [0.05, 0.1) is 20.6 Å². The lowest BCUT2D eigenvalue weighted by atomic mass is 9.73. The third-order valence-electron chi connectivity index (χ3n) is 3.82. The largest absolute Gasteiger partial charge is 0.496 e. The van der Waals surface area contributed by atoms with E-state index < -0.39 is 36.0 Å². The molecular weight excluding hydrogens is 393 g/mol. The number of aliphatic hydroxyl groups is 1. The molecule has 1 N–H and O–H groups in total. The van der Waals surface area contributed by atoms with E-state index in [-0.39, 0.29) is 0 Å². The molecule has 8 heteroatoms. The molecule has 0 bridgehead atoms. The van der Waals surface area contributed by atoms with Gasteiger partial charge in [0, 0.05) is 10.0 Å². The van der Waals surface area contributed by atoms with Gasteiger partial charge in [-0.15, -0.1) is 0 Å². The standard InChI is InChI=1S/C16H20BrF3O4/c1-14(2,11-7-10(17)5-6-12(11)23-3)9-15(22,16(18,19)20)8-13(21)24-4/h5-7,22H,8-9H2,1-4H3/t15-/m0/s1. The zero-order chi connectivity index (χ0) is 18.8. The van der Waals surface area contributed by atoms with E-state index in [1.807, 2.05) is 0 Å². The van der Waals surface area contributed by atoms with Crippen LogP contribution in [0.1, 0.15) is 32.3 Å². The molecule has 0 saturated heterocycles. The Morgan fingerprint density at radius 1 is 1.25 bits per heavy atom. The summed E-state index contributed by atoms with van der Waals surface area (Å²) in [7, 11) is 2.38. The van der Waals surface area contributed by atoms with Gasteiger partial charge in [-0.25, -0.2) is 0 Å². The summed E-state index contributed by atoms with van der Waals surface area (Å²) in [4.78, 5) is 11.4. The van der Waals surface area contributed by atoms with Crippen molar-refractivity contribution in [3.8, 4) is 5.75 Å². The van der Waals surface area contributed by atoms with Gasteiger partial charge in [-0.1, -0.05) is 29.8 Å². The zero-order valence-corrected chi connectivity index (χ0v) is 15.4. The summed E-state index contributed by atoms with van der Waals surface area (Å²) in [5.74, 6) is -0.738. The van der Waals surface area contributed by atoms with Crippen LogP contribution in [0.15, 0.2) is 22.7 Å². The maximum Gasteiger partial charge on any atom is 0.417 e. The second-order valence-corrected chi connectivity index (χ2v) is 7.10. The highest BCUT2D eigenvalue weighted by Gasteiger charge is 2.57. The van der Waals surface area contributed by atoms with Gasteiger partial charge in [-0.2, -0.15) is 13.2 Å². The molecule has 0 unspecified atom stereocenters. The number of rotatable bonds is 6. The molecule has 1 atom stereocenters. The first kappa shape index (κ1) is 20.8. The Bertz CT molecular complexity index is 601. The van der Waals surface area contributed by atoms with Crippen LogP contribution in [0, 0.1) is 0 Å². The number of carbonyl (C=O) groups is 1. The third-order valence-corrected chi connectivity index (χ3v) is 4.31. The highest BCUT2D eigenvalue weighted by atomic mass is 79.9. The molecule has 1 aromatic rings. The first-order chi connectivity index (χ1) is 10.9. The van der Waals surface area contributed by atoms with Crippen LogP contribution in [-0.2, 0) is 14.9 Å². The highest BCUT2D eigenvalue weighted by Crippen LogP contribution is 2.45. The maximum atomic E-state index is 13.4. The molecule has 0 aliphatic carbocycles. The third kappa shape index (κ3) is 4.63. The average Bonchev–Trinajstić information content (AvgIpc) is 2.45. The molecule has 136 valence electrons. The van der Waals surface area contributed by atoms with Gasteiger partial charge in [0.1, 0.15) is 5.75 Å². The Labute approximate surface area is 147 Å². The van der Waals surface area contributed by atoms with Crippen LogP contribution in [0.4, 0.5) is 13.2 Å². The number of alkyl halides is 3. The molecule has 24 heavy (non-hydrogen) atoms. The Morgan fingerprint density at radius 3 is 2.29 bits per heavy atom. The summed E-state index contributed by atoms with van der Waals surface area (Å²) in [6.45, 7) is 3.09. The van der Waals surface area contributed by atoms with Gasteiger partial charge >= 0.3 is 12.1 Å². The lowest BCUT2D eigenvalue weighted by molar-refractivity contribution is -0.269. The Hall–Kier alpha value is -1.28. The second kappa shape index (κ2) is 7.31. The van der Waals surface area contributed by atoms with Gasteiger partial charge in [0.15, 0.2) is 5.60 Å². The molecule has 0 aromatic heterocycles. The number of hydrogen-bond donors (Lipinski definition) is 1. The molecule has 4 nitrogen and oxygen atoms in total. The molecule has 0 amide bonds. The van der Waals surface area contributed by atoms with E-state index in [1.165, 1.54) is 7.11 Å². The van der Waals surface area contributed by atoms with E-state index in [2.05, 4.69) is 20.7 Å². The minimum absolute atomic E-state index is 0.394. The average molecular weight is 413 g/mol. The molecule has 0 saturated carbocycles. The SMILES string of the molecule is COC(=O)C[C@](O)(CC(C)(C)c1cc(Br)ccc1OC)C(F)(F)F. The molecule has 0 spiro atoms. The van der Waals surface area contributed by atoms with Crippen LogP contribution in [0.5, 0.6) is 5.75 Å². The molecule has 1 aromatic carbocycles. The van der Waals surface area contributed by atoms with Crippen molar-refractivity contribution in [1.82, 2.24) is 0 Å². The van der Waals surface area contributed by atoms with Gasteiger partial charge < -0.3 is 14.6 Å². The number of halogens is 4. The number of esters is 1. The first-order valence-electron chi connectivity index (χ1n) is 7.06. The Morgan fingerprint density at radius 2 is 1.83 bits per heavy atom. The number of benzene rings is 1. The topological polar surface area (TPSA) is 55.8 Å². The molecule has 0 heterocycles. The predicted molar refractivity (Wildman–Crippen MR) is 86.0 cm³/mol. The minimum Gasteiger partial charge on any atom is -0.496 e. The van der Waals surface area contributed by atoms with Crippen molar-refractivity contribution in [2.75, 3.05) is 14.2 Å². The predicted octanol–water partition coefficient (Wildman–Crippen LogP) is 3.98. The fraction of sp³-hybridized carbons (Fsp3) is 0.562. The van der Waals surface area contributed by atoms with E-state index in [4.69, 9.17) is 4.74 Å². The fourth-order valence-corrected chi connectivity index (χ4v) is 2.97. The van der Waals surface area contributed by atoms with E-state index >= 15 is 0 Å².